The van der Waals surface area contributed by atoms with Crippen molar-refractivity contribution in [3.8, 4) is 5.69 Å². The minimum absolute atomic E-state index is 0.278. The first kappa shape index (κ1) is 20.3. The number of carbonyl (C=O) groups is 2. The average molecular weight is 444 g/mol. The van der Waals surface area contributed by atoms with Gasteiger partial charge in [0.15, 0.2) is 5.69 Å². The van der Waals surface area contributed by atoms with E-state index in [1.54, 1.807) is 24.3 Å². The number of esters is 1. The highest BCUT2D eigenvalue weighted by Gasteiger charge is 2.27. The van der Waals surface area contributed by atoms with Crippen molar-refractivity contribution in [1.29, 1.82) is 0 Å². The fourth-order valence-electron chi connectivity index (χ4n) is 3.46. The van der Waals surface area contributed by atoms with Gasteiger partial charge in [0.05, 0.1) is 18.4 Å². The Balaban J connectivity index is 1.70. The molecule has 0 unspecified atom stereocenters. The fourth-order valence-corrected chi connectivity index (χ4v) is 4.92. The number of thiophene rings is 1. The van der Waals surface area contributed by atoms with Gasteiger partial charge in [-0.2, -0.15) is 5.10 Å². The van der Waals surface area contributed by atoms with E-state index in [4.69, 9.17) is 16.3 Å². The van der Waals surface area contributed by atoms with E-state index < -0.39 is 17.3 Å². The number of anilines is 1. The minimum Gasteiger partial charge on any atom is -0.465 e. The Morgan fingerprint density at radius 1 is 1.23 bits per heavy atom. The SMILES string of the molecule is COC(=O)c1c(NC(=O)c2nn(-c3cccc(Cl)c3)ccc2=O)sc2c1CCCC2. The Labute approximate surface area is 181 Å². The molecule has 0 bridgehead atoms. The number of amides is 1. The van der Waals surface area contributed by atoms with Gasteiger partial charge in [0.25, 0.3) is 5.91 Å². The molecule has 4 rings (SSSR count). The second-order valence-electron chi connectivity index (χ2n) is 6.81. The molecule has 1 amide bonds. The van der Waals surface area contributed by atoms with Crippen LogP contribution in [-0.2, 0) is 17.6 Å². The van der Waals surface area contributed by atoms with Crippen molar-refractivity contribution in [2.45, 2.75) is 25.7 Å². The van der Waals surface area contributed by atoms with Crippen molar-refractivity contribution in [3.05, 3.63) is 73.5 Å². The van der Waals surface area contributed by atoms with Crippen LogP contribution in [-0.4, -0.2) is 28.8 Å². The zero-order valence-corrected chi connectivity index (χ0v) is 17.7. The van der Waals surface area contributed by atoms with Crippen LogP contribution in [0.1, 0.15) is 44.1 Å². The molecule has 0 aliphatic heterocycles. The van der Waals surface area contributed by atoms with Crippen LogP contribution in [0, 0.1) is 0 Å². The van der Waals surface area contributed by atoms with Crippen LogP contribution >= 0.6 is 22.9 Å². The molecule has 2 heterocycles. The summed E-state index contributed by atoms with van der Waals surface area (Å²) in [7, 11) is 1.31. The quantitative estimate of drug-likeness (QED) is 0.618. The van der Waals surface area contributed by atoms with E-state index in [1.807, 2.05) is 0 Å². The first-order chi connectivity index (χ1) is 14.5. The standard InChI is InChI=1S/C21H18ClN3O4S/c1-29-21(28)17-14-7-2-3-8-16(14)30-20(17)23-19(27)18-15(26)9-10-25(24-18)13-6-4-5-12(22)11-13/h4-6,9-11H,2-3,7-8H2,1H3,(H,23,27). The van der Waals surface area contributed by atoms with Crippen LogP contribution < -0.4 is 10.7 Å². The number of aromatic nitrogens is 2. The summed E-state index contributed by atoms with van der Waals surface area (Å²) >= 11 is 7.37. The lowest BCUT2D eigenvalue weighted by Gasteiger charge is -2.11. The first-order valence-corrected chi connectivity index (χ1v) is 10.6. The maximum absolute atomic E-state index is 12.9. The molecule has 3 aromatic rings. The summed E-state index contributed by atoms with van der Waals surface area (Å²) < 4.78 is 6.33. The molecule has 0 radical (unpaired) electrons. The Morgan fingerprint density at radius 3 is 2.80 bits per heavy atom. The Morgan fingerprint density at radius 2 is 2.03 bits per heavy atom. The third-order valence-corrected chi connectivity index (χ3v) is 6.33. The molecule has 1 aliphatic rings. The predicted octanol–water partition coefficient (Wildman–Crippen LogP) is 3.87. The molecule has 0 spiro atoms. The van der Waals surface area contributed by atoms with Gasteiger partial charge < -0.3 is 10.1 Å². The topological polar surface area (TPSA) is 90.3 Å². The van der Waals surface area contributed by atoms with Crippen molar-refractivity contribution < 1.29 is 14.3 Å². The number of benzene rings is 1. The fraction of sp³-hybridized carbons (Fsp3) is 0.238. The van der Waals surface area contributed by atoms with Crippen molar-refractivity contribution in [2.75, 3.05) is 12.4 Å². The molecule has 0 saturated heterocycles. The second-order valence-corrected chi connectivity index (χ2v) is 8.36. The highest BCUT2D eigenvalue weighted by molar-refractivity contribution is 7.17. The number of nitrogens with one attached hydrogen (secondary N) is 1. The number of fused-ring (bicyclic) bond motifs is 1. The molecular weight excluding hydrogens is 426 g/mol. The predicted molar refractivity (Wildman–Crippen MR) is 115 cm³/mol. The summed E-state index contributed by atoms with van der Waals surface area (Å²) in [6.07, 6.45) is 5.09. The van der Waals surface area contributed by atoms with E-state index in [0.717, 1.165) is 36.1 Å². The minimum atomic E-state index is -0.680. The second kappa shape index (κ2) is 8.41. The summed E-state index contributed by atoms with van der Waals surface area (Å²) in [5, 5.41) is 7.78. The molecule has 2 aromatic heterocycles. The molecule has 9 heteroatoms. The molecule has 154 valence electrons. The van der Waals surface area contributed by atoms with Crippen LogP contribution in [0.3, 0.4) is 0 Å². The monoisotopic (exact) mass is 443 g/mol. The first-order valence-electron chi connectivity index (χ1n) is 9.38. The summed E-state index contributed by atoms with van der Waals surface area (Å²) in [4.78, 5) is 38.6. The summed E-state index contributed by atoms with van der Waals surface area (Å²) in [5.74, 6) is -1.18. The molecule has 1 N–H and O–H groups in total. The molecule has 0 saturated carbocycles. The third-order valence-electron chi connectivity index (χ3n) is 4.88. The van der Waals surface area contributed by atoms with E-state index in [2.05, 4.69) is 10.4 Å². The van der Waals surface area contributed by atoms with E-state index in [1.165, 1.54) is 35.4 Å². The maximum Gasteiger partial charge on any atom is 0.341 e. The molecule has 0 fully saturated rings. The average Bonchev–Trinajstić information content (AvgIpc) is 3.11. The molecule has 30 heavy (non-hydrogen) atoms. The van der Waals surface area contributed by atoms with Gasteiger partial charge in [0, 0.05) is 22.2 Å². The Bertz CT molecular complexity index is 1200. The van der Waals surface area contributed by atoms with Gasteiger partial charge in [-0.05, 0) is 49.4 Å². The molecular formula is C21H18ClN3O4S. The van der Waals surface area contributed by atoms with Crippen molar-refractivity contribution in [2.24, 2.45) is 0 Å². The van der Waals surface area contributed by atoms with Crippen LogP contribution in [0.5, 0.6) is 0 Å². The van der Waals surface area contributed by atoms with E-state index in [9.17, 15) is 14.4 Å². The summed E-state index contributed by atoms with van der Waals surface area (Å²) in [6, 6.07) is 8.16. The molecule has 7 nitrogen and oxygen atoms in total. The number of nitrogens with zero attached hydrogens (tertiary/aromatic N) is 2. The maximum atomic E-state index is 12.9. The van der Waals surface area contributed by atoms with Gasteiger partial charge in [-0.15, -0.1) is 11.3 Å². The van der Waals surface area contributed by atoms with Crippen LogP contribution in [0.25, 0.3) is 5.69 Å². The largest absolute Gasteiger partial charge is 0.465 e. The number of ether oxygens (including phenoxy) is 1. The van der Waals surface area contributed by atoms with E-state index in [-0.39, 0.29) is 5.69 Å². The van der Waals surface area contributed by atoms with Crippen molar-refractivity contribution >= 4 is 39.8 Å². The van der Waals surface area contributed by atoms with Gasteiger partial charge in [0.2, 0.25) is 5.43 Å². The molecule has 1 aliphatic carbocycles. The van der Waals surface area contributed by atoms with Gasteiger partial charge >= 0.3 is 5.97 Å². The molecule has 1 aromatic carbocycles. The van der Waals surface area contributed by atoms with Gasteiger partial charge in [-0.1, -0.05) is 17.7 Å². The van der Waals surface area contributed by atoms with Crippen LogP contribution in [0.15, 0.2) is 41.3 Å². The zero-order chi connectivity index (χ0) is 21.3. The normalized spacial score (nSPS) is 12.9. The number of hydrogen-bond donors (Lipinski definition) is 1. The smallest absolute Gasteiger partial charge is 0.341 e. The lowest BCUT2D eigenvalue weighted by Crippen LogP contribution is -2.25. The number of rotatable bonds is 4. The number of carbonyl (C=O) groups excluding carboxylic acids is 2. The Hall–Kier alpha value is -2.97. The molecule has 0 atom stereocenters. The van der Waals surface area contributed by atoms with Gasteiger partial charge in [-0.25, -0.2) is 9.48 Å². The van der Waals surface area contributed by atoms with Gasteiger partial charge in [0.1, 0.15) is 5.00 Å². The van der Waals surface area contributed by atoms with Crippen LogP contribution in [0.2, 0.25) is 5.02 Å². The van der Waals surface area contributed by atoms with E-state index in [0.29, 0.717) is 21.3 Å². The van der Waals surface area contributed by atoms with Gasteiger partial charge in [-0.3, -0.25) is 9.59 Å². The van der Waals surface area contributed by atoms with Crippen molar-refractivity contribution in [1.82, 2.24) is 9.78 Å². The number of aryl methyl sites for hydroxylation is 1. The zero-order valence-electron chi connectivity index (χ0n) is 16.1. The highest BCUT2D eigenvalue weighted by Crippen LogP contribution is 2.38. The Kier molecular flexibility index (Phi) is 5.69. The lowest BCUT2D eigenvalue weighted by molar-refractivity contribution is 0.0601. The summed E-state index contributed by atoms with van der Waals surface area (Å²) in [6.45, 7) is 0. The van der Waals surface area contributed by atoms with E-state index >= 15 is 0 Å². The van der Waals surface area contributed by atoms with Crippen LogP contribution in [0.4, 0.5) is 5.00 Å². The number of hydrogen-bond acceptors (Lipinski definition) is 6. The highest BCUT2D eigenvalue weighted by atomic mass is 35.5. The number of methoxy groups -OCH3 is 1. The summed E-state index contributed by atoms with van der Waals surface area (Å²) in [5.41, 5.74) is 1.10. The third kappa shape index (κ3) is 3.88. The number of halogens is 1. The lowest BCUT2D eigenvalue weighted by atomic mass is 9.95. The van der Waals surface area contributed by atoms with Crippen molar-refractivity contribution in [3.63, 3.8) is 0 Å².